The zero-order valence-corrected chi connectivity index (χ0v) is 26.0. The van der Waals surface area contributed by atoms with Crippen LogP contribution < -0.4 is 11.1 Å². The summed E-state index contributed by atoms with van der Waals surface area (Å²) in [5.74, 6) is -0.299. The Morgan fingerprint density at radius 3 is 1.98 bits per heavy atom. The summed E-state index contributed by atoms with van der Waals surface area (Å²) in [5, 5.41) is 22.4. The van der Waals surface area contributed by atoms with Crippen molar-refractivity contribution in [3.8, 4) is 0 Å². The van der Waals surface area contributed by atoms with Crippen molar-refractivity contribution in [2.75, 3.05) is 34.0 Å². The fourth-order valence-corrected chi connectivity index (χ4v) is 5.13. The van der Waals surface area contributed by atoms with E-state index >= 15 is 0 Å². The number of hydrogen-bond acceptors (Lipinski definition) is 14. The monoisotopic (exact) mass is 660 g/mol. The topological polar surface area (TPSA) is 174 Å². The summed E-state index contributed by atoms with van der Waals surface area (Å²) >= 11 is 8.26. The zero-order valence-electron chi connectivity index (χ0n) is 23.1. The highest BCUT2D eigenvalue weighted by molar-refractivity contribution is 7.80. The standard InChI is InChI=1S/C24H33N6O10PS2/c1-35-15(13-39-41)14(20(34)29-7-3-17(31)27-9-5-25-22(27)29)11-37-24(42)38-12-16(36-2)19(33)21(40-43)30-8-4-18(32)28-10-6-26-23(28)30/h3-10,14-16,19-21,24,33-34,42-43H,11-13,41H2,1-2H3/t14-,15-,16-,19-,20-,21-,24?/m1/s1. The van der Waals surface area contributed by atoms with E-state index in [0.29, 0.717) is 0 Å². The molecule has 0 radical (unpaired) electrons. The lowest BCUT2D eigenvalue weighted by Crippen LogP contribution is -2.41. The van der Waals surface area contributed by atoms with Crippen LogP contribution in [0, 0.1) is 5.92 Å². The Bertz CT molecular complexity index is 1580. The minimum atomic E-state index is -1.34. The van der Waals surface area contributed by atoms with Crippen LogP contribution in [0.4, 0.5) is 0 Å². The Kier molecular flexibility index (Phi) is 12.2. The highest BCUT2D eigenvalue weighted by Crippen LogP contribution is 2.26. The minimum absolute atomic E-state index is 0.0904. The number of ether oxygens (including phenoxy) is 4. The van der Waals surface area contributed by atoms with Gasteiger partial charge in [-0.15, -0.1) is 12.6 Å². The van der Waals surface area contributed by atoms with Gasteiger partial charge in [-0.2, -0.15) is 0 Å². The molecule has 236 valence electrons. The number of aromatic nitrogens is 6. The van der Waals surface area contributed by atoms with Crippen LogP contribution in [-0.4, -0.2) is 96.1 Å². The molecule has 8 atom stereocenters. The molecule has 0 aliphatic carbocycles. The summed E-state index contributed by atoms with van der Waals surface area (Å²) in [5.41, 5.74) is -1.74. The molecular weight excluding hydrogens is 627 g/mol. The molecule has 4 aromatic rings. The van der Waals surface area contributed by atoms with Crippen LogP contribution in [0.25, 0.3) is 11.6 Å². The van der Waals surface area contributed by atoms with E-state index in [-0.39, 0.29) is 42.5 Å². The first-order valence-corrected chi connectivity index (χ1v) is 14.1. The van der Waals surface area contributed by atoms with E-state index in [1.54, 1.807) is 0 Å². The summed E-state index contributed by atoms with van der Waals surface area (Å²) in [6.45, 7) is -0.236. The van der Waals surface area contributed by atoms with E-state index in [1.165, 1.54) is 81.5 Å². The Labute approximate surface area is 258 Å². The van der Waals surface area contributed by atoms with Crippen molar-refractivity contribution in [3.63, 3.8) is 0 Å². The largest absolute Gasteiger partial charge is 0.386 e. The fourth-order valence-electron chi connectivity index (χ4n) is 4.54. The smallest absolute Gasteiger partial charge is 0.258 e. The van der Waals surface area contributed by atoms with Crippen LogP contribution in [0.2, 0.25) is 0 Å². The Balaban J connectivity index is 1.44. The van der Waals surface area contributed by atoms with Crippen LogP contribution in [0.15, 0.2) is 58.9 Å². The highest BCUT2D eigenvalue weighted by atomic mass is 32.1. The first-order valence-electron chi connectivity index (χ1n) is 12.8. The predicted molar refractivity (Wildman–Crippen MR) is 161 cm³/mol. The normalized spacial score (nSPS) is 17.1. The van der Waals surface area contributed by atoms with Crippen LogP contribution in [0.3, 0.4) is 0 Å². The summed E-state index contributed by atoms with van der Waals surface area (Å²) in [6, 6.07) is 2.60. The number of methoxy groups -OCH3 is 2. The van der Waals surface area contributed by atoms with Crippen LogP contribution >= 0.6 is 35.0 Å². The highest BCUT2D eigenvalue weighted by Gasteiger charge is 2.34. The van der Waals surface area contributed by atoms with Crippen molar-refractivity contribution in [1.29, 1.82) is 0 Å². The number of thiol groups is 2. The third-order valence-electron chi connectivity index (χ3n) is 6.84. The van der Waals surface area contributed by atoms with Gasteiger partial charge in [0.2, 0.25) is 17.2 Å². The van der Waals surface area contributed by atoms with Gasteiger partial charge in [-0.3, -0.25) is 31.7 Å². The van der Waals surface area contributed by atoms with Gasteiger partial charge < -0.3 is 33.7 Å². The molecule has 2 N–H and O–H groups in total. The van der Waals surface area contributed by atoms with Gasteiger partial charge in [-0.1, -0.05) is 0 Å². The lowest BCUT2D eigenvalue weighted by molar-refractivity contribution is -0.165. The van der Waals surface area contributed by atoms with E-state index in [2.05, 4.69) is 45.0 Å². The van der Waals surface area contributed by atoms with Gasteiger partial charge in [0.1, 0.15) is 18.4 Å². The fraction of sp³-hybridized carbons (Fsp3) is 0.500. The average molecular weight is 661 g/mol. The van der Waals surface area contributed by atoms with Crippen molar-refractivity contribution < 1.29 is 37.9 Å². The predicted octanol–water partition coefficient (Wildman–Crippen LogP) is -0.0831. The minimum Gasteiger partial charge on any atom is -0.386 e. The molecule has 0 saturated carbocycles. The molecule has 0 aliphatic heterocycles. The molecule has 0 fully saturated rings. The number of imidazole rings is 2. The number of nitrogens with zero attached hydrogens (tertiary/aromatic N) is 6. The summed E-state index contributed by atoms with van der Waals surface area (Å²) < 4.78 is 38.3. The molecule has 4 heterocycles. The first-order chi connectivity index (χ1) is 20.7. The van der Waals surface area contributed by atoms with Gasteiger partial charge in [-0.25, -0.2) is 9.97 Å². The SMILES string of the molecule is CO[C@H](COC(S)OC[C@@H]([C@@H](O)n1ccc(=O)n2ccnc12)[C@@H](COP)OC)[C@@H](O)[C@@H](OS)n1ccc(=O)n2ccnc12. The molecule has 0 bridgehead atoms. The molecule has 43 heavy (non-hydrogen) atoms. The third kappa shape index (κ3) is 7.49. The van der Waals surface area contributed by atoms with Crippen molar-refractivity contribution in [2.24, 2.45) is 5.92 Å². The molecule has 2 unspecified atom stereocenters. The van der Waals surface area contributed by atoms with E-state index in [1.807, 2.05) is 0 Å². The molecule has 0 amide bonds. The summed E-state index contributed by atoms with van der Waals surface area (Å²) in [7, 11) is 4.96. The quantitative estimate of drug-likeness (QED) is 0.0514. The van der Waals surface area contributed by atoms with E-state index in [4.69, 9.17) is 27.7 Å². The molecule has 0 aliphatic rings. The van der Waals surface area contributed by atoms with Crippen LogP contribution in [0.5, 0.6) is 0 Å². The first kappa shape index (κ1) is 33.5. The van der Waals surface area contributed by atoms with E-state index in [9.17, 15) is 19.8 Å². The second-order valence-corrected chi connectivity index (χ2v) is 10.2. The van der Waals surface area contributed by atoms with Crippen molar-refractivity contribution in [2.45, 2.75) is 36.4 Å². The molecular formula is C24H33N6O10PS2. The van der Waals surface area contributed by atoms with Gasteiger partial charge in [0.05, 0.1) is 31.8 Å². The van der Waals surface area contributed by atoms with Crippen LogP contribution in [-0.2, 0) is 27.7 Å². The van der Waals surface area contributed by atoms with Crippen molar-refractivity contribution in [3.05, 3.63) is 70.0 Å². The number of fused-ring (bicyclic) bond motifs is 2. The molecule has 4 aromatic heterocycles. The van der Waals surface area contributed by atoms with Gasteiger partial charge in [0.25, 0.3) is 11.1 Å². The van der Waals surface area contributed by atoms with Gasteiger partial charge in [0, 0.05) is 73.0 Å². The summed E-state index contributed by atoms with van der Waals surface area (Å²) in [4.78, 5) is 32.6. The Morgan fingerprint density at radius 2 is 1.42 bits per heavy atom. The molecule has 0 saturated heterocycles. The average Bonchev–Trinajstić information content (AvgIpc) is 3.70. The maximum absolute atomic E-state index is 12.2. The van der Waals surface area contributed by atoms with Gasteiger partial charge in [0.15, 0.2) is 6.23 Å². The molecule has 0 spiro atoms. The van der Waals surface area contributed by atoms with Crippen molar-refractivity contribution >= 4 is 46.6 Å². The molecule has 0 aromatic carbocycles. The molecule has 19 heteroatoms. The van der Waals surface area contributed by atoms with Crippen LogP contribution in [0.1, 0.15) is 12.5 Å². The van der Waals surface area contributed by atoms with Crippen molar-refractivity contribution in [1.82, 2.24) is 27.9 Å². The van der Waals surface area contributed by atoms with Gasteiger partial charge in [-0.05, 0) is 12.9 Å². The maximum Gasteiger partial charge on any atom is 0.258 e. The Hall–Kier alpha value is -2.35. The Morgan fingerprint density at radius 1 is 0.860 bits per heavy atom. The number of aliphatic hydroxyl groups excluding tert-OH is 2. The lowest BCUT2D eigenvalue weighted by Gasteiger charge is -2.32. The number of rotatable bonds is 17. The van der Waals surface area contributed by atoms with Gasteiger partial charge >= 0.3 is 0 Å². The second kappa shape index (κ2) is 15.6. The van der Waals surface area contributed by atoms with E-state index < -0.39 is 42.3 Å². The zero-order chi connectivity index (χ0) is 31.1. The third-order valence-corrected chi connectivity index (χ3v) is 7.54. The lowest BCUT2D eigenvalue weighted by atomic mass is 10.0. The molecule has 4 rings (SSSR count). The number of aliphatic hydroxyl groups is 2. The maximum atomic E-state index is 12.2. The summed E-state index contributed by atoms with van der Waals surface area (Å²) in [6.07, 6.45) is 3.38. The molecule has 16 nitrogen and oxygen atoms in total. The number of hydrogen-bond donors (Lipinski definition) is 4. The second-order valence-electron chi connectivity index (χ2n) is 9.24. The van der Waals surface area contributed by atoms with E-state index in [0.717, 1.165) is 0 Å².